The molecule has 0 saturated carbocycles. The number of nitrogens with zero attached hydrogens (tertiary/aromatic N) is 2. The molecule has 0 spiro atoms. The summed E-state index contributed by atoms with van der Waals surface area (Å²) in [7, 11) is 1.67. The number of rotatable bonds is 7. The van der Waals surface area contributed by atoms with E-state index in [1.807, 2.05) is 56.3 Å². The molecular weight excluding hydrogens is 360 g/mol. The molecule has 0 unspecified atom stereocenters. The first-order chi connectivity index (χ1) is 13.1. The molecule has 5 nitrogen and oxygen atoms in total. The predicted octanol–water partition coefficient (Wildman–Crippen LogP) is 5.22. The van der Waals surface area contributed by atoms with Crippen molar-refractivity contribution in [2.24, 2.45) is 0 Å². The second kappa shape index (κ2) is 8.84. The second-order valence-corrected chi connectivity index (χ2v) is 6.72. The molecule has 2 aromatic carbocycles. The maximum Gasteiger partial charge on any atom is 0.229 e. The van der Waals surface area contributed by atoms with E-state index in [0.29, 0.717) is 24.1 Å². The van der Waals surface area contributed by atoms with Crippen LogP contribution in [0.25, 0.3) is 11.3 Å². The number of benzene rings is 2. The Balaban J connectivity index is 1.97. The molecule has 0 fully saturated rings. The molecule has 0 aliphatic carbocycles. The number of aryl methyl sites for hydroxylation is 2. The molecule has 0 aliphatic rings. The maximum atomic E-state index is 6.43. The summed E-state index contributed by atoms with van der Waals surface area (Å²) >= 11 is 6.43. The SMILES string of the molecule is COCCNc1cc(-c2ccccc2)nc(Nc2c(C)cc(C)cc2Cl)n1. The van der Waals surface area contributed by atoms with Gasteiger partial charge in [0.1, 0.15) is 5.82 Å². The molecule has 27 heavy (non-hydrogen) atoms. The van der Waals surface area contributed by atoms with Crippen LogP contribution in [0.3, 0.4) is 0 Å². The Morgan fingerprint density at radius 1 is 1.04 bits per heavy atom. The van der Waals surface area contributed by atoms with Gasteiger partial charge in [-0.2, -0.15) is 4.98 Å². The Morgan fingerprint density at radius 3 is 2.52 bits per heavy atom. The lowest BCUT2D eigenvalue weighted by Gasteiger charge is -2.14. The van der Waals surface area contributed by atoms with E-state index >= 15 is 0 Å². The van der Waals surface area contributed by atoms with Crippen LogP contribution >= 0.6 is 11.6 Å². The molecule has 2 N–H and O–H groups in total. The van der Waals surface area contributed by atoms with Gasteiger partial charge in [-0.3, -0.25) is 0 Å². The number of anilines is 3. The summed E-state index contributed by atoms with van der Waals surface area (Å²) in [6.45, 7) is 5.29. The molecule has 140 valence electrons. The zero-order valence-corrected chi connectivity index (χ0v) is 16.5. The average molecular weight is 383 g/mol. The van der Waals surface area contributed by atoms with Crippen LogP contribution in [0.4, 0.5) is 17.5 Å². The fourth-order valence-electron chi connectivity index (χ4n) is 2.82. The molecule has 0 radical (unpaired) electrons. The number of methoxy groups -OCH3 is 1. The summed E-state index contributed by atoms with van der Waals surface area (Å²) in [6, 6.07) is 15.9. The quantitative estimate of drug-likeness (QED) is 0.549. The van der Waals surface area contributed by atoms with Crippen molar-refractivity contribution < 1.29 is 4.74 Å². The Labute approximate surface area is 164 Å². The van der Waals surface area contributed by atoms with Gasteiger partial charge >= 0.3 is 0 Å². The highest BCUT2D eigenvalue weighted by Crippen LogP contribution is 2.30. The van der Waals surface area contributed by atoms with Crippen LogP contribution in [-0.2, 0) is 4.74 Å². The van der Waals surface area contributed by atoms with Crippen LogP contribution in [0.1, 0.15) is 11.1 Å². The summed E-state index contributed by atoms with van der Waals surface area (Å²) in [5.41, 5.74) is 4.82. The molecule has 1 aromatic heterocycles. The number of ether oxygens (including phenoxy) is 1. The first-order valence-electron chi connectivity index (χ1n) is 8.78. The van der Waals surface area contributed by atoms with Gasteiger partial charge in [-0.25, -0.2) is 4.98 Å². The first kappa shape index (κ1) is 19.1. The summed E-state index contributed by atoms with van der Waals surface area (Å²) in [5, 5.41) is 7.20. The van der Waals surface area contributed by atoms with Crippen LogP contribution < -0.4 is 10.6 Å². The minimum atomic E-state index is 0.491. The second-order valence-electron chi connectivity index (χ2n) is 6.31. The van der Waals surface area contributed by atoms with Crippen LogP contribution in [0.5, 0.6) is 0 Å². The van der Waals surface area contributed by atoms with Crippen LogP contribution in [-0.4, -0.2) is 30.2 Å². The van der Waals surface area contributed by atoms with Gasteiger partial charge in [-0.1, -0.05) is 48.0 Å². The van der Waals surface area contributed by atoms with Crippen LogP contribution in [0.15, 0.2) is 48.5 Å². The van der Waals surface area contributed by atoms with Crippen molar-refractivity contribution in [1.82, 2.24) is 9.97 Å². The molecule has 6 heteroatoms. The van der Waals surface area contributed by atoms with Crippen molar-refractivity contribution in [3.8, 4) is 11.3 Å². The molecular formula is C21H23ClN4O. The lowest BCUT2D eigenvalue weighted by Crippen LogP contribution is -2.10. The average Bonchev–Trinajstić information content (AvgIpc) is 2.65. The summed E-state index contributed by atoms with van der Waals surface area (Å²) in [6.07, 6.45) is 0. The highest BCUT2D eigenvalue weighted by molar-refractivity contribution is 6.33. The topological polar surface area (TPSA) is 59.1 Å². The van der Waals surface area contributed by atoms with Crippen molar-refractivity contribution in [2.45, 2.75) is 13.8 Å². The van der Waals surface area contributed by atoms with Gasteiger partial charge in [0.15, 0.2) is 0 Å². The monoisotopic (exact) mass is 382 g/mol. The van der Waals surface area contributed by atoms with Crippen molar-refractivity contribution in [1.29, 1.82) is 0 Å². The molecule has 1 heterocycles. The van der Waals surface area contributed by atoms with E-state index in [0.717, 1.165) is 33.9 Å². The van der Waals surface area contributed by atoms with Gasteiger partial charge in [0, 0.05) is 25.3 Å². The standard InChI is InChI=1S/C21H23ClN4O/c1-14-11-15(2)20(17(22)12-14)26-21-24-18(16-7-5-4-6-8-16)13-19(25-21)23-9-10-27-3/h4-8,11-13H,9-10H2,1-3H3,(H2,23,24,25,26). The van der Waals surface area contributed by atoms with E-state index in [1.54, 1.807) is 7.11 Å². The van der Waals surface area contributed by atoms with Crippen molar-refractivity contribution in [3.05, 3.63) is 64.7 Å². The van der Waals surface area contributed by atoms with E-state index in [9.17, 15) is 0 Å². The Bertz CT molecular complexity index is 892. The normalized spacial score (nSPS) is 10.7. The maximum absolute atomic E-state index is 6.43. The van der Waals surface area contributed by atoms with Gasteiger partial charge < -0.3 is 15.4 Å². The van der Waals surface area contributed by atoms with Gasteiger partial charge in [-0.15, -0.1) is 0 Å². The van der Waals surface area contributed by atoms with E-state index in [-0.39, 0.29) is 0 Å². The summed E-state index contributed by atoms with van der Waals surface area (Å²) in [4.78, 5) is 9.26. The Hall–Kier alpha value is -2.63. The smallest absolute Gasteiger partial charge is 0.229 e. The lowest BCUT2D eigenvalue weighted by molar-refractivity contribution is 0.210. The number of nitrogens with one attached hydrogen (secondary N) is 2. The largest absolute Gasteiger partial charge is 0.383 e. The molecule has 0 aliphatic heterocycles. The number of hydrogen-bond acceptors (Lipinski definition) is 5. The van der Waals surface area contributed by atoms with E-state index in [2.05, 4.69) is 26.7 Å². The minimum Gasteiger partial charge on any atom is -0.383 e. The van der Waals surface area contributed by atoms with Crippen molar-refractivity contribution in [3.63, 3.8) is 0 Å². The van der Waals surface area contributed by atoms with Gasteiger partial charge in [0.05, 0.1) is 23.0 Å². The molecule has 3 aromatic rings. The molecule has 0 saturated heterocycles. The third kappa shape index (κ3) is 4.96. The summed E-state index contributed by atoms with van der Waals surface area (Å²) in [5.74, 6) is 1.22. The third-order valence-corrected chi connectivity index (χ3v) is 4.37. The number of aromatic nitrogens is 2. The Kier molecular flexibility index (Phi) is 6.27. The van der Waals surface area contributed by atoms with E-state index in [1.165, 1.54) is 0 Å². The zero-order chi connectivity index (χ0) is 19.2. The number of hydrogen-bond donors (Lipinski definition) is 2. The number of halogens is 1. The molecule has 0 amide bonds. The summed E-state index contributed by atoms with van der Waals surface area (Å²) < 4.78 is 5.11. The van der Waals surface area contributed by atoms with Gasteiger partial charge in [0.25, 0.3) is 0 Å². The highest BCUT2D eigenvalue weighted by Gasteiger charge is 2.11. The first-order valence-corrected chi connectivity index (χ1v) is 9.15. The van der Waals surface area contributed by atoms with Crippen molar-refractivity contribution >= 4 is 29.1 Å². The van der Waals surface area contributed by atoms with Crippen LogP contribution in [0.2, 0.25) is 5.02 Å². The highest BCUT2D eigenvalue weighted by atomic mass is 35.5. The zero-order valence-electron chi connectivity index (χ0n) is 15.7. The molecule has 0 bridgehead atoms. The van der Waals surface area contributed by atoms with E-state index < -0.39 is 0 Å². The fourth-order valence-corrected chi connectivity index (χ4v) is 3.19. The molecule has 0 atom stereocenters. The van der Waals surface area contributed by atoms with Crippen LogP contribution in [0, 0.1) is 13.8 Å². The Morgan fingerprint density at radius 2 is 1.81 bits per heavy atom. The fraction of sp³-hybridized carbons (Fsp3) is 0.238. The van der Waals surface area contributed by atoms with E-state index in [4.69, 9.17) is 16.3 Å². The van der Waals surface area contributed by atoms with Crippen molar-refractivity contribution in [2.75, 3.05) is 30.9 Å². The molecule has 3 rings (SSSR count). The lowest BCUT2D eigenvalue weighted by atomic mass is 10.1. The third-order valence-electron chi connectivity index (χ3n) is 4.08. The van der Waals surface area contributed by atoms with Gasteiger partial charge in [-0.05, 0) is 31.0 Å². The minimum absolute atomic E-state index is 0.491. The van der Waals surface area contributed by atoms with Gasteiger partial charge in [0.2, 0.25) is 5.95 Å². The predicted molar refractivity (Wildman–Crippen MR) is 112 cm³/mol.